The Balaban J connectivity index is 1.93. The standard InChI is InChI=1S/C13H20N2O2/c1-10-2-3-13(12(8-14)15-10)17-9-11-4-6-16-7-5-11/h2-3,11H,4-9,14H2,1H3. The van der Waals surface area contributed by atoms with Crippen LogP contribution in [0.4, 0.5) is 0 Å². The molecule has 0 bridgehead atoms. The summed E-state index contributed by atoms with van der Waals surface area (Å²) < 4.78 is 11.1. The summed E-state index contributed by atoms with van der Waals surface area (Å²) in [7, 11) is 0. The summed E-state index contributed by atoms with van der Waals surface area (Å²) in [4.78, 5) is 4.38. The third-order valence-electron chi connectivity index (χ3n) is 3.08. The molecular formula is C13H20N2O2. The predicted octanol–water partition coefficient (Wildman–Crippen LogP) is 1.65. The van der Waals surface area contributed by atoms with Gasteiger partial charge in [-0.2, -0.15) is 0 Å². The van der Waals surface area contributed by atoms with Gasteiger partial charge in [-0.15, -0.1) is 0 Å². The van der Waals surface area contributed by atoms with E-state index in [-0.39, 0.29) is 0 Å². The van der Waals surface area contributed by atoms with Crippen LogP contribution >= 0.6 is 0 Å². The van der Waals surface area contributed by atoms with E-state index in [2.05, 4.69) is 4.98 Å². The van der Waals surface area contributed by atoms with Gasteiger partial charge in [-0.1, -0.05) is 0 Å². The highest BCUT2D eigenvalue weighted by Crippen LogP contribution is 2.20. The highest BCUT2D eigenvalue weighted by atomic mass is 16.5. The molecule has 2 rings (SSSR count). The molecule has 1 fully saturated rings. The van der Waals surface area contributed by atoms with Crippen LogP contribution in [-0.2, 0) is 11.3 Å². The van der Waals surface area contributed by atoms with Gasteiger partial charge in [0.1, 0.15) is 5.75 Å². The lowest BCUT2D eigenvalue weighted by molar-refractivity contribution is 0.0495. The number of hydrogen-bond acceptors (Lipinski definition) is 4. The SMILES string of the molecule is Cc1ccc(OCC2CCOCC2)c(CN)n1. The van der Waals surface area contributed by atoms with Gasteiger partial charge >= 0.3 is 0 Å². The van der Waals surface area contributed by atoms with Crippen LogP contribution in [0.3, 0.4) is 0 Å². The summed E-state index contributed by atoms with van der Waals surface area (Å²) in [5.74, 6) is 1.42. The number of hydrogen-bond donors (Lipinski definition) is 1. The van der Waals surface area contributed by atoms with E-state index in [4.69, 9.17) is 15.2 Å². The summed E-state index contributed by atoms with van der Waals surface area (Å²) in [5, 5.41) is 0. The van der Waals surface area contributed by atoms with E-state index >= 15 is 0 Å². The minimum atomic E-state index is 0.421. The van der Waals surface area contributed by atoms with Crippen LogP contribution in [0.15, 0.2) is 12.1 Å². The van der Waals surface area contributed by atoms with Crippen molar-refractivity contribution in [1.82, 2.24) is 4.98 Å². The highest BCUT2D eigenvalue weighted by molar-refractivity contribution is 5.29. The van der Waals surface area contributed by atoms with E-state index in [1.54, 1.807) is 0 Å². The van der Waals surface area contributed by atoms with Gasteiger partial charge in [-0.25, -0.2) is 0 Å². The molecule has 4 heteroatoms. The van der Waals surface area contributed by atoms with E-state index in [1.807, 2.05) is 19.1 Å². The van der Waals surface area contributed by atoms with Gasteiger partial charge in [-0.05, 0) is 37.8 Å². The molecule has 2 heterocycles. The minimum absolute atomic E-state index is 0.421. The van der Waals surface area contributed by atoms with Gasteiger partial charge in [0.25, 0.3) is 0 Å². The molecule has 1 aromatic heterocycles. The number of pyridine rings is 1. The lowest BCUT2D eigenvalue weighted by Crippen LogP contribution is -2.22. The van der Waals surface area contributed by atoms with E-state index < -0.39 is 0 Å². The maximum absolute atomic E-state index is 5.82. The third kappa shape index (κ3) is 3.41. The van der Waals surface area contributed by atoms with Crippen molar-refractivity contribution in [2.75, 3.05) is 19.8 Å². The van der Waals surface area contributed by atoms with Gasteiger partial charge in [-0.3, -0.25) is 4.98 Å². The molecule has 0 radical (unpaired) electrons. The first-order valence-corrected chi connectivity index (χ1v) is 6.16. The van der Waals surface area contributed by atoms with Gasteiger partial charge in [0, 0.05) is 25.5 Å². The molecule has 0 saturated carbocycles. The van der Waals surface area contributed by atoms with E-state index in [9.17, 15) is 0 Å². The zero-order chi connectivity index (χ0) is 12.1. The molecule has 0 spiro atoms. The molecule has 1 aliphatic heterocycles. The Bertz CT molecular complexity index is 362. The van der Waals surface area contributed by atoms with Crippen LogP contribution in [0.2, 0.25) is 0 Å². The lowest BCUT2D eigenvalue weighted by Gasteiger charge is -2.22. The van der Waals surface area contributed by atoms with Crippen molar-refractivity contribution in [2.45, 2.75) is 26.3 Å². The summed E-state index contributed by atoms with van der Waals surface area (Å²) in [6.07, 6.45) is 2.16. The number of ether oxygens (including phenoxy) is 2. The number of nitrogens with zero attached hydrogens (tertiary/aromatic N) is 1. The fraction of sp³-hybridized carbons (Fsp3) is 0.615. The van der Waals surface area contributed by atoms with E-state index in [0.717, 1.165) is 49.8 Å². The van der Waals surface area contributed by atoms with Crippen LogP contribution in [0.1, 0.15) is 24.2 Å². The largest absolute Gasteiger partial charge is 0.491 e. The van der Waals surface area contributed by atoms with E-state index in [1.165, 1.54) is 0 Å². The Morgan fingerprint density at radius 1 is 1.41 bits per heavy atom. The van der Waals surface area contributed by atoms with Crippen LogP contribution in [-0.4, -0.2) is 24.8 Å². The molecule has 0 amide bonds. The van der Waals surface area contributed by atoms with Gasteiger partial charge in [0.15, 0.2) is 0 Å². The van der Waals surface area contributed by atoms with Crippen LogP contribution in [0, 0.1) is 12.8 Å². The number of rotatable bonds is 4. The molecule has 2 N–H and O–H groups in total. The molecule has 0 aliphatic carbocycles. The maximum Gasteiger partial charge on any atom is 0.142 e. The quantitative estimate of drug-likeness (QED) is 0.863. The Hall–Kier alpha value is -1.13. The lowest BCUT2D eigenvalue weighted by atomic mass is 10.0. The Labute approximate surface area is 102 Å². The maximum atomic E-state index is 5.82. The molecular weight excluding hydrogens is 216 g/mol. The van der Waals surface area contributed by atoms with Crippen molar-refractivity contribution in [3.63, 3.8) is 0 Å². The second-order valence-corrected chi connectivity index (χ2v) is 4.47. The molecule has 94 valence electrons. The average molecular weight is 236 g/mol. The Morgan fingerprint density at radius 3 is 2.88 bits per heavy atom. The molecule has 0 atom stereocenters. The van der Waals surface area contributed by atoms with Crippen LogP contribution in [0.5, 0.6) is 5.75 Å². The Morgan fingerprint density at radius 2 is 2.18 bits per heavy atom. The minimum Gasteiger partial charge on any atom is -0.491 e. The summed E-state index contributed by atoms with van der Waals surface area (Å²) >= 11 is 0. The zero-order valence-electron chi connectivity index (χ0n) is 10.3. The molecule has 1 saturated heterocycles. The highest BCUT2D eigenvalue weighted by Gasteiger charge is 2.15. The summed E-state index contributed by atoms with van der Waals surface area (Å²) in [6, 6.07) is 3.92. The molecule has 1 aliphatic rings. The molecule has 0 unspecified atom stereocenters. The fourth-order valence-electron chi connectivity index (χ4n) is 2.00. The van der Waals surface area contributed by atoms with Crippen molar-refractivity contribution >= 4 is 0 Å². The third-order valence-corrected chi connectivity index (χ3v) is 3.08. The van der Waals surface area contributed by atoms with Crippen LogP contribution < -0.4 is 10.5 Å². The predicted molar refractivity (Wildman–Crippen MR) is 65.9 cm³/mol. The first-order chi connectivity index (χ1) is 8.29. The van der Waals surface area contributed by atoms with Gasteiger partial charge in [0.05, 0.1) is 12.3 Å². The molecule has 17 heavy (non-hydrogen) atoms. The van der Waals surface area contributed by atoms with Crippen molar-refractivity contribution < 1.29 is 9.47 Å². The molecule has 0 aromatic carbocycles. The monoisotopic (exact) mass is 236 g/mol. The average Bonchev–Trinajstić information content (AvgIpc) is 2.38. The first kappa shape index (κ1) is 12.3. The fourth-order valence-corrected chi connectivity index (χ4v) is 2.00. The van der Waals surface area contributed by atoms with Crippen molar-refractivity contribution in [1.29, 1.82) is 0 Å². The topological polar surface area (TPSA) is 57.4 Å². The smallest absolute Gasteiger partial charge is 0.142 e. The van der Waals surface area contributed by atoms with Gasteiger partial charge in [0.2, 0.25) is 0 Å². The van der Waals surface area contributed by atoms with Crippen molar-refractivity contribution in [2.24, 2.45) is 11.7 Å². The van der Waals surface area contributed by atoms with Crippen LogP contribution in [0.25, 0.3) is 0 Å². The second-order valence-electron chi connectivity index (χ2n) is 4.47. The number of aromatic nitrogens is 1. The Kier molecular flexibility index (Phi) is 4.34. The van der Waals surface area contributed by atoms with Gasteiger partial charge < -0.3 is 15.2 Å². The molecule has 1 aromatic rings. The second kappa shape index (κ2) is 5.98. The number of aryl methyl sites for hydroxylation is 1. The first-order valence-electron chi connectivity index (χ1n) is 6.16. The number of nitrogens with two attached hydrogens (primary N) is 1. The normalized spacial score (nSPS) is 17.1. The summed E-state index contributed by atoms with van der Waals surface area (Å²) in [5.41, 5.74) is 7.49. The van der Waals surface area contributed by atoms with Crippen molar-refractivity contribution in [3.05, 3.63) is 23.5 Å². The summed E-state index contributed by atoms with van der Waals surface area (Å²) in [6.45, 7) is 4.82. The van der Waals surface area contributed by atoms with Crippen molar-refractivity contribution in [3.8, 4) is 5.75 Å². The van der Waals surface area contributed by atoms with E-state index in [0.29, 0.717) is 12.5 Å². The zero-order valence-corrected chi connectivity index (χ0v) is 10.3. The molecule has 4 nitrogen and oxygen atoms in total.